The highest BCUT2D eigenvalue weighted by atomic mass is 19.4. The summed E-state index contributed by atoms with van der Waals surface area (Å²) in [6, 6.07) is 13.8. The molecule has 0 saturated carbocycles. The molecule has 0 atom stereocenters. The molecule has 3 aromatic rings. The van der Waals surface area contributed by atoms with Gasteiger partial charge in [-0.1, -0.05) is 26.2 Å². The third kappa shape index (κ3) is 8.62. The standard InChI is InChI=1S/C27H33F3N4O2/c1-5-6-7-8-17-35-21-13-9-19(10-14-21)32-24-23(27(28,29)30)18-31-25(34-24)33-20-11-15-22(16-12-20)36-26(2,3)4/h9-16,18H,5-8,17H2,1-4H3,(H2,31,32,33,34). The molecule has 3 rings (SSSR count). The molecule has 9 heteroatoms. The number of rotatable bonds is 11. The Bertz CT molecular complexity index is 1100. The zero-order valence-electron chi connectivity index (χ0n) is 21.1. The van der Waals surface area contributed by atoms with E-state index in [2.05, 4.69) is 27.5 Å². The van der Waals surface area contributed by atoms with E-state index in [4.69, 9.17) is 9.47 Å². The highest BCUT2D eigenvalue weighted by Crippen LogP contribution is 2.35. The van der Waals surface area contributed by atoms with Gasteiger partial charge in [-0.25, -0.2) is 4.98 Å². The van der Waals surface area contributed by atoms with Crippen molar-refractivity contribution in [3.05, 3.63) is 60.3 Å². The van der Waals surface area contributed by atoms with E-state index in [-0.39, 0.29) is 17.4 Å². The molecule has 0 aliphatic carbocycles. The number of nitrogens with zero attached hydrogens (tertiary/aromatic N) is 2. The minimum atomic E-state index is -4.62. The summed E-state index contributed by atoms with van der Waals surface area (Å²) in [6.07, 6.45) is 0.539. The maximum absolute atomic E-state index is 13.6. The van der Waals surface area contributed by atoms with Crippen molar-refractivity contribution in [3.8, 4) is 11.5 Å². The maximum Gasteiger partial charge on any atom is 0.421 e. The number of anilines is 4. The van der Waals surface area contributed by atoms with Gasteiger partial charge in [-0.2, -0.15) is 18.2 Å². The molecule has 0 bridgehead atoms. The van der Waals surface area contributed by atoms with Gasteiger partial charge in [-0.05, 0) is 75.7 Å². The maximum atomic E-state index is 13.6. The van der Waals surface area contributed by atoms with Crippen LogP contribution in [0.25, 0.3) is 0 Å². The molecule has 0 unspecified atom stereocenters. The molecule has 0 saturated heterocycles. The minimum Gasteiger partial charge on any atom is -0.494 e. The van der Waals surface area contributed by atoms with Crippen molar-refractivity contribution in [3.63, 3.8) is 0 Å². The molecule has 0 amide bonds. The van der Waals surface area contributed by atoms with Crippen molar-refractivity contribution in [2.45, 2.75) is 65.2 Å². The van der Waals surface area contributed by atoms with Gasteiger partial charge in [0.05, 0.1) is 6.61 Å². The topological polar surface area (TPSA) is 68.3 Å². The Morgan fingerprint density at radius 1 is 0.806 bits per heavy atom. The molecule has 0 radical (unpaired) electrons. The monoisotopic (exact) mass is 502 g/mol. The highest BCUT2D eigenvalue weighted by Gasteiger charge is 2.35. The first-order valence-electron chi connectivity index (χ1n) is 12.0. The van der Waals surface area contributed by atoms with E-state index < -0.39 is 11.7 Å². The van der Waals surface area contributed by atoms with Gasteiger partial charge in [0.2, 0.25) is 5.95 Å². The fraction of sp³-hybridized carbons (Fsp3) is 0.407. The lowest BCUT2D eigenvalue weighted by Crippen LogP contribution is -2.22. The Morgan fingerprint density at radius 3 is 2.00 bits per heavy atom. The second-order valence-electron chi connectivity index (χ2n) is 9.38. The summed E-state index contributed by atoms with van der Waals surface area (Å²) < 4.78 is 52.3. The van der Waals surface area contributed by atoms with Crippen LogP contribution in [0, 0.1) is 0 Å². The Labute approximate surface area is 210 Å². The van der Waals surface area contributed by atoms with Gasteiger partial charge >= 0.3 is 6.18 Å². The number of benzene rings is 2. The van der Waals surface area contributed by atoms with Crippen molar-refractivity contribution in [2.75, 3.05) is 17.2 Å². The third-order valence-corrected chi connectivity index (χ3v) is 5.01. The molecular formula is C27H33F3N4O2. The number of nitrogens with one attached hydrogen (secondary N) is 2. The molecule has 1 aromatic heterocycles. The molecule has 6 nitrogen and oxygen atoms in total. The second kappa shape index (κ2) is 12.0. The van der Waals surface area contributed by atoms with Crippen molar-refractivity contribution in [1.29, 1.82) is 0 Å². The van der Waals surface area contributed by atoms with Crippen LogP contribution in [0.2, 0.25) is 0 Å². The van der Waals surface area contributed by atoms with Crippen molar-refractivity contribution in [2.24, 2.45) is 0 Å². The van der Waals surface area contributed by atoms with E-state index in [0.29, 0.717) is 29.5 Å². The summed E-state index contributed by atoms with van der Waals surface area (Å²) in [5, 5.41) is 5.71. The van der Waals surface area contributed by atoms with Crippen LogP contribution in [-0.4, -0.2) is 22.2 Å². The van der Waals surface area contributed by atoms with Crippen LogP contribution in [0.4, 0.5) is 36.3 Å². The van der Waals surface area contributed by atoms with Gasteiger partial charge in [0, 0.05) is 17.6 Å². The van der Waals surface area contributed by atoms with E-state index in [1.165, 1.54) is 6.42 Å². The summed E-state index contributed by atoms with van der Waals surface area (Å²) >= 11 is 0. The van der Waals surface area contributed by atoms with Crippen LogP contribution in [0.3, 0.4) is 0 Å². The Morgan fingerprint density at radius 2 is 1.42 bits per heavy atom. The summed E-state index contributed by atoms with van der Waals surface area (Å²) in [4.78, 5) is 7.96. The summed E-state index contributed by atoms with van der Waals surface area (Å²) in [5.41, 5.74) is -0.238. The summed E-state index contributed by atoms with van der Waals surface area (Å²) in [7, 11) is 0. The molecule has 0 fully saturated rings. The van der Waals surface area contributed by atoms with Gasteiger partial charge in [0.25, 0.3) is 0 Å². The normalized spacial score (nSPS) is 11.8. The number of aromatic nitrogens is 2. The molecule has 0 spiro atoms. The molecule has 36 heavy (non-hydrogen) atoms. The average molecular weight is 503 g/mol. The van der Waals surface area contributed by atoms with Crippen LogP contribution in [0.15, 0.2) is 54.7 Å². The predicted molar refractivity (Wildman–Crippen MR) is 137 cm³/mol. The van der Waals surface area contributed by atoms with E-state index in [1.807, 2.05) is 20.8 Å². The SMILES string of the molecule is CCCCCCOc1ccc(Nc2nc(Nc3ccc(OC(C)(C)C)cc3)ncc2C(F)(F)F)cc1. The number of alkyl halides is 3. The lowest BCUT2D eigenvalue weighted by Gasteiger charge is -2.21. The molecule has 2 aromatic carbocycles. The number of unbranched alkanes of at least 4 members (excludes halogenated alkanes) is 3. The van der Waals surface area contributed by atoms with Crippen LogP contribution in [0.1, 0.15) is 58.9 Å². The first-order chi connectivity index (χ1) is 17.0. The summed E-state index contributed by atoms with van der Waals surface area (Å²) in [6.45, 7) is 8.58. The lowest BCUT2D eigenvalue weighted by molar-refractivity contribution is -0.137. The second-order valence-corrected chi connectivity index (χ2v) is 9.38. The third-order valence-electron chi connectivity index (χ3n) is 5.01. The Balaban J connectivity index is 1.71. The number of halogens is 3. The van der Waals surface area contributed by atoms with Crippen molar-refractivity contribution in [1.82, 2.24) is 9.97 Å². The van der Waals surface area contributed by atoms with Gasteiger partial charge in [-0.3, -0.25) is 0 Å². The van der Waals surface area contributed by atoms with E-state index >= 15 is 0 Å². The largest absolute Gasteiger partial charge is 0.494 e. The van der Waals surface area contributed by atoms with Gasteiger partial charge < -0.3 is 20.1 Å². The number of ether oxygens (including phenoxy) is 2. The molecular weight excluding hydrogens is 469 g/mol. The van der Waals surface area contributed by atoms with Gasteiger partial charge in [0.1, 0.15) is 28.5 Å². The van der Waals surface area contributed by atoms with Gasteiger partial charge in [0.15, 0.2) is 0 Å². The average Bonchev–Trinajstić information content (AvgIpc) is 2.80. The number of hydrogen-bond donors (Lipinski definition) is 2. The highest BCUT2D eigenvalue weighted by molar-refractivity contribution is 5.63. The first-order valence-corrected chi connectivity index (χ1v) is 12.0. The first kappa shape index (κ1) is 27.1. The van der Waals surface area contributed by atoms with Crippen molar-refractivity contribution >= 4 is 23.1 Å². The zero-order valence-corrected chi connectivity index (χ0v) is 21.1. The minimum absolute atomic E-state index is 0.0297. The lowest BCUT2D eigenvalue weighted by atomic mass is 10.2. The predicted octanol–water partition coefficient (Wildman–Crippen LogP) is 8.12. The van der Waals surface area contributed by atoms with E-state index in [9.17, 15) is 13.2 Å². The Kier molecular flexibility index (Phi) is 9.01. The molecule has 194 valence electrons. The van der Waals surface area contributed by atoms with Gasteiger partial charge in [-0.15, -0.1) is 0 Å². The molecule has 1 heterocycles. The molecule has 0 aliphatic rings. The van der Waals surface area contributed by atoms with E-state index in [1.54, 1.807) is 48.5 Å². The molecule has 0 aliphatic heterocycles. The summed E-state index contributed by atoms with van der Waals surface area (Å²) in [5.74, 6) is 1.03. The van der Waals surface area contributed by atoms with Crippen LogP contribution >= 0.6 is 0 Å². The Hall–Kier alpha value is -3.49. The van der Waals surface area contributed by atoms with Crippen LogP contribution in [0.5, 0.6) is 11.5 Å². The zero-order chi connectivity index (χ0) is 26.2. The van der Waals surface area contributed by atoms with Crippen LogP contribution < -0.4 is 20.1 Å². The molecule has 2 N–H and O–H groups in total. The quantitative estimate of drug-likeness (QED) is 0.258. The fourth-order valence-electron chi connectivity index (χ4n) is 3.32. The fourth-order valence-corrected chi connectivity index (χ4v) is 3.32. The smallest absolute Gasteiger partial charge is 0.421 e. The van der Waals surface area contributed by atoms with Crippen LogP contribution in [-0.2, 0) is 6.18 Å². The number of hydrogen-bond acceptors (Lipinski definition) is 6. The van der Waals surface area contributed by atoms with Crippen molar-refractivity contribution < 1.29 is 22.6 Å². The van der Waals surface area contributed by atoms with E-state index in [0.717, 1.165) is 25.5 Å².